The molecular formula is C21H34O3. The first-order valence-electron chi connectivity index (χ1n) is 9.31. The Morgan fingerprint density at radius 3 is 2.71 bits per heavy atom. The fraction of sp³-hybridized carbons (Fsp3) is 0.762. The number of carbonyl (C=O) groups is 1. The summed E-state index contributed by atoms with van der Waals surface area (Å²) in [6, 6.07) is 0. The number of rotatable bonds is 5. The molecule has 2 aliphatic rings. The van der Waals surface area contributed by atoms with Crippen LogP contribution in [0.1, 0.15) is 66.2 Å². The second-order valence-electron chi connectivity index (χ2n) is 8.61. The molecular weight excluding hydrogens is 300 g/mol. The van der Waals surface area contributed by atoms with Gasteiger partial charge in [0.15, 0.2) is 0 Å². The number of aliphatic hydroxyl groups excluding tert-OH is 1. The van der Waals surface area contributed by atoms with Crippen molar-refractivity contribution in [1.82, 2.24) is 0 Å². The lowest BCUT2D eigenvalue weighted by atomic mass is 9.48. The Hall–Kier alpha value is -1.09. The fourth-order valence-corrected chi connectivity index (χ4v) is 5.37. The number of hydrogen-bond donors (Lipinski definition) is 1. The highest BCUT2D eigenvalue weighted by Gasteiger charge is 2.53. The summed E-state index contributed by atoms with van der Waals surface area (Å²) in [7, 11) is 1.48. The van der Waals surface area contributed by atoms with Crippen molar-refractivity contribution in [2.75, 3.05) is 13.7 Å². The average Bonchev–Trinajstić information content (AvgIpc) is 2.51. The maximum atomic E-state index is 12.4. The number of methoxy groups -OCH3 is 1. The SMILES string of the molecule is COC(=O)C1=CCC2C(C)(C)CCC[C@]2(C)[C@H]1CC/C(C)=C/CO. The van der Waals surface area contributed by atoms with E-state index >= 15 is 0 Å². The topological polar surface area (TPSA) is 46.5 Å². The molecule has 0 saturated heterocycles. The minimum Gasteiger partial charge on any atom is -0.466 e. The molecule has 2 rings (SSSR count). The summed E-state index contributed by atoms with van der Waals surface area (Å²) < 4.78 is 5.09. The molecule has 0 spiro atoms. The summed E-state index contributed by atoms with van der Waals surface area (Å²) in [5.41, 5.74) is 2.55. The van der Waals surface area contributed by atoms with Gasteiger partial charge in [0.1, 0.15) is 0 Å². The lowest BCUT2D eigenvalue weighted by molar-refractivity contribution is -0.139. The van der Waals surface area contributed by atoms with E-state index in [1.54, 1.807) is 0 Å². The van der Waals surface area contributed by atoms with Gasteiger partial charge >= 0.3 is 5.97 Å². The zero-order valence-corrected chi connectivity index (χ0v) is 16.0. The normalized spacial score (nSPS) is 32.8. The highest BCUT2D eigenvalue weighted by Crippen LogP contribution is 2.60. The zero-order valence-electron chi connectivity index (χ0n) is 16.0. The predicted molar refractivity (Wildman–Crippen MR) is 97.5 cm³/mol. The molecule has 0 aliphatic heterocycles. The zero-order chi connectivity index (χ0) is 18.0. The van der Waals surface area contributed by atoms with Crippen LogP contribution >= 0.6 is 0 Å². The second kappa shape index (κ2) is 7.43. The molecule has 3 nitrogen and oxygen atoms in total. The quantitative estimate of drug-likeness (QED) is 0.587. The predicted octanol–water partition coefficient (Wildman–Crippen LogP) is 4.66. The maximum absolute atomic E-state index is 12.4. The lowest BCUT2D eigenvalue weighted by Crippen LogP contribution is -2.49. The van der Waals surface area contributed by atoms with Crippen LogP contribution in [0.4, 0.5) is 0 Å². The monoisotopic (exact) mass is 334 g/mol. The molecule has 1 N–H and O–H groups in total. The molecule has 0 amide bonds. The summed E-state index contributed by atoms with van der Waals surface area (Å²) in [5.74, 6) is 0.691. The van der Waals surface area contributed by atoms with E-state index in [-0.39, 0.29) is 23.9 Å². The Bertz CT molecular complexity index is 529. The van der Waals surface area contributed by atoms with Crippen molar-refractivity contribution < 1.29 is 14.6 Å². The van der Waals surface area contributed by atoms with Crippen molar-refractivity contribution in [3.05, 3.63) is 23.3 Å². The molecule has 0 radical (unpaired) electrons. The van der Waals surface area contributed by atoms with E-state index < -0.39 is 0 Å². The Kier molecular flexibility index (Phi) is 5.95. The molecule has 0 bridgehead atoms. The van der Waals surface area contributed by atoms with Gasteiger partial charge in [-0.15, -0.1) is 0 Å². The number of hydrogen-bond acceptors (Lipinski definition) is 3. The van der Waals surface area contributed by atoms with Crippen LogP contribution in [0.2, 0.25) is 0 Å². The first-order valence-corrected chi connectivity index (χ1v) is 9.31. The van der Waals surface area contributed by atoms with Crippen molar-refractivity contribution in [2.45, 2.75) is 66.2 Å². The summed E-state index contributed by atoms with van der Waals surface area (Å²) >= 11 is 0. The first kappa shape index (κ1) is 19.2. The minimum absolute atomic E-state index is 0.0864. The van der Waals surface area contributed by atoms with Crippen molar-refractivity contribution >= 4 is 5.97 Å². The minimum atomic E-state index is -0.160. The third kappa shape index (κ3) is 3.61. The first-order chi connectivity index (χ1) is 11.3. The molecule has 136 valence electrons. The van der Waals surface area contributed by atoms with E-state index in [4.69, 9.17) is 9.84 Å². The summed E-state index contributed by atoms with van der Waals surface area (Å²) in [6.07, 6.45) is 10.6. The van der Waals surface area contributed by atoms with Gasteiger partial charge in [0.2, 0.25) is 0 Å². The van der Waals surface area contributed by atoms with Gasteiger partial charge in [-0.2, -0.15) is 0 Å². The molecule has 0 aromatic heterocycles. The smallest absolute Gasteiger partial charge is 0.333 e. The second-order valence-corrected chi connectivity index (χ2v) is 8.61. The highest BCUT2D eigenvalue weighted by molar-refractivity contribution is 5.89. The third-order valence-corrected chi connectivity index (χ3v) is 6.71. The Balaban J connectivity index is 2.34. The van der Waals surface area contributed by atoms with Gasteiger partial charge in [-0.1, -0.05) is 44.9 Å². The Morgan fingerprint density at radius 2 is 2.08 bits per heavy atom. The number of allylic oxidation sites excluding steroid dienone is 2. The number of ether oxygens (including phenoxy) is 1. The van der Waals surface area contributed by atoms with E-state index in [1.165, 1.54) is 31.9 Å². The van der Waals surface area contributed by atoms with Crippen molar-refractivity contribution in [2.24, 2.45) is 22.7 Å². The Morgan fingerprint density at radius 1 is 1.38 bits per heavy atom. The van der Waals surface area contributed by atoms with Crippen LogP contribution in [0.3, 0.4) is 0 Å². The van der Waals surface area contributed by atoms with Crippen LogP contribution < -0.4 is 0 Å². The number of aliphatic hydroxyl groups is 1. The third-order valence-electron chi connectivity index (χ3n) is 6.71. The highest BCUT2D eigenvalue weighted by atomic mass is 16.5. The molecule has 1 unspecified atom stereocenters. The van der Waals surface area contributed by atoms with E-state index in [2.05, 4.69) is 33.8 Å². The van der Waals surface area contributed by atoms with Gasteiger partial charge in [0, 0.05) is 5.57 Å². The van der Waals surface area contributed by atoms with Gasteiger partial charge in [-0.05, 0) is 61.7 Å². The molecule has 24 heavy (non-hydrogen) atoms. The molecule has 0 heterocycles. The van der Waals surface area contributed by atoms with E-state index in [0.717, 1.165) is 24.8 Å². The van der Waals surface area contributed by atoms with Gasteiger partial charge in [0.25, 0.3) is 0 Å². The lowest BCUT2D eigenvalue weighted by Gasteiger charge is -2.56. The van der Waals surface area contributed by atoms with Gasteiger partial charge in [-0.25, -0.2) is 4.79 Å². The summed E-state index contributed by atoms with van der Waals surface area (Å²) in [5, 5.41) is 9.10. The Labute approximate surface area is 147 Å². The van der Waals surface area contributed by atoms with Crippen LogP contribution in [-0.4, -0.2) is 24.8 Å². The van der Waals surface area contributed by atoms with Crippen molar-refractivity contribution in [1.29, 1.82) is 0 Å². The van der Waals surface area contributed by atoms with Gasteiger partial charge < -0.3 is 9.84 Å². The van der Waals surface area contributed by atoms with E-state index in [0.29, 0.717) is 11.3 Å². The van der Waals surface area contributed by atoms with Crippen molar-refractivity contribution in [3.8, 4) is 0 Å². The molecule has 1 fully saturated rings. The van der Waals surface area contributed by atoms with Crippen LogP contribution in [0.5, 0.6) is 0 Å². The molecule has 3 atom stereocenters. The van der Waals surface area contributed by atoms with Crippen LogP contribution in [0.25, 0.3) is 0 Å². The fourth-order valence-electron chi connectivity index (χ4n) is 5.37. The number of carbonyl (C=O) groups excluding carboxylic acids is 1. The molecule has 1 saturated carbocycles. The molecule has 3 heteroatoms. The van der Waals surface area contributed by atoms with Gasteiger partial charge in [0.05, 0.1) is 13.7 Å². The summed E-state index contributed by atoms with van der Waals surface area (Å²) in [4.78, 5) is 12.4. The van der Waals surface area contributed by atoms with Crippen LogP contribution in [0, 0.1) is 22.7 Å². The average molecular weight is 335 g/mol. The van der Waals surface area contributed by atoms with Gasteiger partial charge in [-0.3, -0.25) is 0 Å². The maximum Gasteiger partial charge on any atom is 0.333 e. The largest absolute Gasteiger partial charge is 0.466 e. The molecule has 2 aliphatic carbocycles. The number of fused-ring (bicyclic) bond motifs is 1. The summed E-state index contributed by atoms with van der Waals surface area (Å²) in [6.45, 7) is 9.32. The standard InChI is InChI=1S/C21H34O3/c1-15(11-14-22)7-9-17-16(19(23)24-5)8-10-18-20(2,3)12-6-13-21(17,18)4/h8,11,17-18,22H,6-7,9-10,12-14H2,1-5H3/b15-11+/t17-,18?,21+/m0/s1. The van der Waals surface area contributed by atoms with E-state index in [1.807, 2.05) is 6.08 Å². The van der Waals surface area contributed by atoms with Crippen molar-refractivity contribution in [3.63, 3.8) is 0 Å². The number of esters is 1. The van der Waals surface area contributed by atoms with Crippen LogP contribution in [-0.2, 0) is 9.53 Å². The molecule has 0 aromatic rings. The van der Waals surface area contributed by atoms with Crippen LogP contribution in [0.15, 0.2) is 23.3 Å². The molecule has 0 aromatic carbocycles. The van der Waals surface area contributed by atoms with E-state index in [9.17, 15) is 4.79 Å².